The molecule has 0 aliphatic rings. The van der Waals surface area contributed by atoms with E-state index >= 15 is 0 Å². The second-order valence-corrected chi connectivity index (χ2v) is 7.37. The Morgan fingerprint density at radius 1 is 1.15 bits per heavy atom. The molecule has 2 rings (SSSR count). The molecule has 2 nitrogen and oxygen atoms in total. The SMILES string of the molecule is CCC(N)(Cc1nc(C(C)(C)C)cs1)c1ccccc1. The summed E-state index contributed by atoms with van der Waals surface area (Å²) in [6.07, 6.45) is 1.70. The molecule has 1 heterocycles. The molecular formula is C17H24N2S. The molecule has 1 atom stereocenters. The summed E-state index contributed by atoms with van der Waals surface area (Å²) in [5.74, 6) is 0. The monoisotopic (exact) mass is 288 g/mol. The van der Waals surface area contributed by atoms with Gasteiger partial charge in [0.25, 0.3) is 0 Å². The molecule has 2 N–H and O–H groups in total. The summed E-state index contributed by atoms with van der Waals surface area (Å²) < 4.78 is 0. The molecule has 108 valence electrons. The van der Waals surface area contributed by atoms with Gasteiger partial charge in [0.05, 0.1) is 10.7 Å². The highest BCUT2D eigenvalue weighted by molar-refractivity contribution is 7.09. The van der Waals surface area contributed by atoms with E-state index in [1.807, 2.05) is 6.07 Å². The summed E-state index contributed by atoms with van der Waals surface area (Å²) in [5.41, 5.74) is 8.76. The van der Waals surface area contributed by atoms with Crippen LogP contribution in [0.1, 0.15) is 50.4 Å². The van der Waals surface area contributed by atoms with Gasteiger partial charge in [-0.2, -0.15) is 0 Å². The molecule has 1 aromatic carbocycles. The van der Waals surface area contributed by atoms with Crippen LogP contribution in [0.3, 0.4) is 0 Å². The standard InChI is InChI=1S/C17H24N2S/c1-5-17(18,13-9-7-6-8-10-13)11-15-19-14(12-20-15)16(2,3)4/h6-10,12H,5,11,18H2,1-4H3. The van der Waals surface area contributed by atoms with Crippen molar-refractivity contribution in [2.45, 2.75) is 51.5 Å². The van der Waals surface area contributed by atoms with Crippen LogP contribution in [0.4, 0.5) is 0 Å². The maximum Gasteiger partial charge on any atom is 0.0950 e. The van der Waals surface area contributed by atoms with E-state index in [9.17, 15) is 0 Å². The highest BCUT2D eigenvalue weighted by atomic mass is 32.1. The molecule has 0 radical (unpaired) electrons. The van der Waals surface area contributed by atoms with Crippen molar-refractivity contribution < 1.29 is 0 Å². The van der Waals surface area contributed by atoms with Gasteiger partial charge in [-0.25, -0.2) is 4.98 Å². The quantitative estimate of drug-likeness (QED) is 0.913. The van der Waals surface area contributed by atoms with Crippen LogP contribution in [0.15, 0.2) is 35.7 Å². The van der Waals surface area contributed by atoms with E-state index in [1.165, 1.54) is 5.56 Å². The number of hydrogen-bond acceptors (Lipinski definition) is 3. The van der Waals surface area contributed by atoms with E-state index in [-0.39, 0.29) is 11.0 Å². The Kier molecular flexibility index (Phi) is 4.31. The highest BCUT2D eigenvalue weighted by Crippen LogP contribution is 2.30. The second-order valence-electron chi connectivity index (χ2n) is 6.43. The van der Waals surface area contributed by atoms with E-state index in [2.05, 4.69) is 57.3 Å². The second kappa shape index (κ2) is 5.66. The Morgan fingerprint density at radius 2 is 1.80 bits per heavy atom. The number of thiazole rings is 1. The van der Waals surface area contributed by atoms with Crippen LogP contribution < -0.4 is 5.73 Å². The molecule has 1 unspecified atom stereocenters. The Labute approximate surface area is 126 Å². The van der Waals surface area contributed by atoms with Crippen LogP contribution in [0, 0.1) is 0 Å². The third-order valence-electron chi connectivity index (χ3n) is 3.77. The summed E-state index contributed by atoms with van der Waals surface area (Å²) in [4.78, 5) is 4.78. The van der Waals surface area contributed by atoms with Gasteiger partial charge in [0.1, 0.15) is 0 Å². The molecule has 0 bridgehead atoms. The fraction of sp³-hybridized carbons (Fsp3) is 0.471. The van der Waals surface area contributed by atoms with Gasteiger partial charge in [-0.05, 0) is 12.0 Å². The smallest absolute Gasteiger partial charge is 0.0950 e. The molecule has 1 aromatic heterocycles. The molecule has 2 aromatic rings. The maximum absolute atomic E-state index is 6.64. The Bertz CT molecular complexity index is 554. The predicted molar refractivity (Wildman–Crippen MR) is 87.1 cm³/mol. The maximum atomic E-state index is 6.64. The van der Waals surface area contributed by atoms with Gasteiger partial charge in [0, 0.05) is 22.8 Å². The van der Waals surface area contributed by atoms with Crippen molar-refractivity contribution in [3.8, 4) is 0 Å². The molecule has 0 amide bonds. The average Bonchev–Trinajstić information content (AvgIpc) is 2.88. The first-order chi connectivity index (χ1) is 9.35. The van der Waals surface area contributed by atoms with Gasteiger partial charge in [0.15, 0.2) is 0 Å². The fourth-order valence-electron chi connectivity index (χ4n) is 2.21. The topological polar surface area (TPSA) is 38.9 Å². The molecule has 3 heteroatoms. The normalized spacial score (nSPS) is 15.1. The number of benzene rings is 1. The Hall–Kier alpha value is -1.19. The first-order valence-corrected chi connectivity index (χ1v) is 8.02. The zero-order chi connectivity index (χ0) is 14.8. The molecule has 0 saturated carbocycles. The van der Waals surface area contributed by atoms with E-state index in [0.29, 0.717) is 0 Å². The molecule has 0 aliphatic carbocycles. The lowest BCUT2D eigenvalue weighted by Gasteiger charge is -2.28. The number of nitrogens with two attached hydrogens (primary N) is 1. The van der Waals surface area contributed by atoms with Gasteiger partial charge in [-0.15, -0.1) is 11.3 Å². The number of aromatic nitrogens is 1. The largest absolute Gasteiger partial charge is 0.321 e. The number of rotatable bonds is 4. The highest BCUT2D eigenvalue weighted by Gasteiger charge is 2.27. The van der Waals surface area contributed by atoms with Crippen LogP contribution in [0.2, 0.25) is 0 Å². The lowest BCUT2D eigenvalue weighted by Crippen LogP contribution is -2.38. The van der Waals surface area contributed by atoms with Gasteiger partial charge in [-0.1, -0.05) is 58.0 Å². The molecule has 0 saturated heterocycles. The molecular weight excluding hydrogens is 264 g/mol. The van der Waals surface area contributed by atoms with Crippen molar-refractivity contribution in [1.29, 1.82) is 0 Å². The molecule has 0 spiro atoms. The zero-order valence-electron chi connectivity index (χ0n) is 12.8. The van der Waals surface area contributed by atoms with Crippen LogP contribution in [0.5, 0.6) is 0 Å². The van der Waals surface area contributed by atoms with Crippen LogP contribution >= 0.6 is 11.3 Å². The summed E-state index contributed by atoms with van der Waals surface area (Å²) in [6.45, 7) is 8.72. The molecule has 20 heavy (non-hydrogen) atoms. The Morgan fingerprint density at radius 3 is 2.30 bits per heavy atom. The van der Waals surface area contributed by atoms with Crippen molar-refractivity contribution in [1.82, 2.24) is 4.98 Å². The minimum absolute atomic E-state index is 0.102. The van der Waals surface area contributed by atoms with Crippen molar-refractivity contribution in [2.75, 3.05) is 0 Å². The van der Waals surface area contributed by atoms with Gasteiger partial charge in [-0.3, -0.25) is 0 Å². The third-order valence-corrected chi connectivity index (χ3v) is 4.62. The minimum Gasteiger partial charge on any atom is -0.321 e. The number of nitrogens with zero attached hydrogens (tertiary/aromatic N) is 1. The average molecular weight is 288 g/mol. The van der Waals surface area contributed by atoms with E-state index < -0.39 is 0 Å². The number of hydrogen-bond donors (Lipinski definition) is 1. The zero-order valence-corrected chi connectivity index (χ0v) is 13.6. The first kappa shape index (κ1) is 15.2. The summed E-state index contributed by atoms with van der Waals surface area (Å²) >= 11 is 1.72. The van der Waals surface area contributed by atoms with Gasteiger partial charge in [0.2, 0.25) is 0 Å². The molecule has 0 aliphatic heterocycles. The van der Waals surface area contributed by atoms with Crippen molar-refractivity contribution in [3.05, 3.63) is 52.0 Å². The summed E-state index contributed by atoms with van der Waals surface area (Å²) in [6, 6.07) is 10.4. The van der Waals surface area contributed by atoms with E-state index in [4.69, 9.17) is 10.7 Å². The van der Waals surface area contributed by atoms with Crippen LogP contribution in [-0.4, -0.2) is 4.98 Å². The predicted octanol–water partition coefficient (Wildman–Crippen LogP) is 4.25. The Balaban J connectivity index is 2.25. The first-order valence-electron chi connectivity index (χ1n) is 7.14. The summed E-state index contributed by atoms with van der Waals surface area (Å²) in [7, 11) is 0. The lowest BCUT2D eigenvalue weighted by molar-refractivity contribution is 0.423. The lowest BCUT2D eigenvalue weighted by atomic mass is 9.85. The summed E-state index contributed by atoms with van der Waals surface area (Å²) in [5, 5.41) is 3.29. The van der Waals surface area contributed by atoms with E-state index in [1.54, 1.807) is 11.3 Å². The van der Waals surface area contributed by atoms with Crippen LogP contribution in [0.25, 0.3) is 0 Å². The van der Waals surface area contributed by atoms with Crippen molar-refractivity contribution in [3.63, 3.8) is 0 Å². The third kappa shape index (κ3) is 3.28. The van der Waals surface area contributed by atoms with Crippen molar-refractivity contribution >= 4 is 11.3 Å². The van der Waals surface area contributed by atoms with E-state index in [0.717, 1.165) is 23.5 Å². The van der Waals surface area contributed by atoms with Crippen molar-refractivity contribution in [2.24, 2.45) is 5.73 Å². The molecule has 0 fully saturated rings. The van der Waals surface area contributed by atoms with Gasteiger partial charge >= 0.3 is 0 Å². The van der Waals surface area contributed by atoms with Gasteiger partial charge < -0.3 is 5.73 Å². The fourth-order valence-corrected chi connectivity index (χ4v) is 3.35. The minimum atomic E-state index is -0.325. The van der Waals surface area contributed by atoms with Crippen LogP contribution in [-0.2, 0) is 17.4 Å².